The molecule has 1 aromatic rings. The third kappa shape index (κ3) is 6.37. The molecule has 0 spiro atoms. The molecule has 1 rings (SSSR count). The van der Waals surface area contributed by atoms with Gasteiger partial charge < -0.3 is 20.5 Å². The van der Waals surface area contributed by atoms with Crippen LogP contribution in [0.2, 0.25) is 0 Å². The zero-order valence-electron chi connectivity index (χ0n) is 12.7. The average molecular weight is 280 g/mol. The summed E-state index contributed by atoms with van der Waals surface area (Å²) in [6.45, 7) is 7.84. The highest BCUT2D eigenvalue weighted by atomic mass is 16.5. The lowest BCUT2D eigenvalue weighted by Gasteiger charge is -2.24. The van der Waals surface area contributed by atoms with E-state index in [1.165, 1.54) is 0 Å². The van der Waals surface area contributed by atoms with Gasteiger partial charge in [-0.25, -0.2) is 0 Å². The zero-order chi connectivity index (χ0) is 14.8. The van der Waals surface area contributed by atoms with E-state index in [9.17, 15) is 5.11 Å². The number of ether oxygens (including phenoxy) is 1. The molecule has 20 heavy (non-hydrogen) atoms. The lowest BCUT2D eigenvalue weighted by molar-refractivity contribution is 0.0681. The molecule has 0 amide bonds. The van der Waals surface area contributed by atoms with Gasteiger partial charge in [0.2, 0.25) is 0 Å². The van der Waals surface area contributed by atoms with Crippen molar-refractivity contribution in [2.24, 2.45) is 5.73 Å². The van der Waals surface area contributed by atoms with E-state index < -0.39 is 6.10 Å². The molecule has 4 nitrogen and oxygen atoms in total. The Kier molecular flexibility index (Phi) is 8.26. The van der Waals surface area contributed by atoms with E-state index in [-0.39, 0.29) is 0 Å². The van der Waals surface area contributed by atoms with Crippen LogP contribution in [-0.4, -0.2) is 42.4 Å². The maximum Gasteiger partial charge on any atom is 0.119 e. The van der Waals surface area contributed by atoms with E-state index in [2.05, 4.69) is 18.7 Å². The maximum absolute atomic E-state index is 10.1. The molecule has 0 radical (unpaired) electrons. The molecule has 0 saturated heterocycles. The molecular weight excluding hydrogens is 252 g/mol. The van der Waals surface area contributed by atoms with Crippen molar-refractivity contribution < 1.29 is 9.84 Å². The molecule has 114 valence electrons. The smallest absolute Gasteiger partial charge is 0.119 e. The Labute approximate surface area is 122 Å². The molecule has 1 aromatic carbocycles. The molecule has 1 atom stereocenters. The molecule has 0 bridgehead atoms. The predicted octanol–water partition coefficient (Wildman–Crippen LogP) is 2.01. The van der Waals surface area contributed by atoms with Gasteiger partial charge in [0.05, 0.1) is 0 Å². The number of hydrogen-bond acceptors (Lipinski definition) is 4. The second-order valence-corrected chi connectivity index (χ2v) is 5.12. The van der Waals surface area contributed by atoms with Crippen LogP contribution < -0.4 is 10.5 Å². The Hall–Kier alpha value is -1.10. The first-order valence-electron chi connectivity index (χ1n) is 7.51. The van der Waals surface area contributed by atoms with Gasteiger partial charge in [0, 0.05) is 13.1 Å². The fraction of sp³-hybridized carbons (Fsp3) is 0.625. The van der Waals surface area contributed by atoms with Crippen molar-refractivity contribution in [2.75, 3.05) is 26.2 Å². The summed E-state index contributed by atoms with van der Waals surface area (Å²) in [5.74, 6) is 0.768. The lowest BCUT2D eigenvalue weighted by atomic mass is 10.2. The van der Waals surface area contributed by atoms with E-state index >= 15 is 0 Å². The fourth-order valence-electron chi connectivity index (χ4n) is 2.23. The average Bonchev–Trinajstić information content (AvgIpc) is 2.46. The Balaban J connectivity index is 2.39. The second kappa shape index (κ2) is 9.75. The third-order valence-corrected chi connectivity index (χ3v) is 3.13. The zero-order valence-corrected chi connectivity index (χ0v) is 12.7. The van der Waals surface area contributed by atoms with Crippen LogP contribution in [0.15, 0.2) is 24.3 Å². The van der Waals surface area contributed by atoms with Crippen LogP contribution in [0.3, 0.4) is 0 Å². The number of aliphatic hydroxyl groups is 1. The van der Waals surface area contributed by atoms with Crippen molar-refractivity contribution in [3.63, 3.8) is 0 Å². The first-order valence-corrected chi connectivity index (χ1v) is 7.51. The van der Waals surface area contributed by atoms with Crippen LogP contribution in [0, 0.1) is 0 Å². The second-order valence-electron chi connectivity index (χ2n) is 5.12. The van der Waals surface area contributed by atoms with Crippen LogP contribution in [-0.2, 0) is 6.54 Å². The molecule has 0 heterocycles. The van der Waals surface area contributed by atoms with Gasteiger partial charge in [0.1, 0.15) is 18.5 Å². The summed E-state index contributed by atoms with van der Waals surface area (Å²) in [5.41, 5.74) is 6.63. The molecule has 0 fully saturated rings. The van der Waals surface area contributed by atoms with Crippen LogP contribution in [0.5, 0.6) is 5.75 Å². The van der Waals surface area contributed by atoms with Gasteiger partial charge >= 0.3 is 0 Å². The van der Waals surface area contributed by atoms with Crippen molar-refractivity contribution in [2.45, 2.75) is 39.3 Å². The van der Waals surface area contributed by atoms with Gasteiger partial charge in [-0.05, 0) is 43.6 Å². The van der Waals surface area contributed by atoms with Gasteiger partial charge in [0.25, 0.3) is 0 Å². The molecule has 0 aliphatic rings. The largest absolute Gasteiger partial charge is 0.491 e. The summed E-state index contributed by atoms with van der Waals surface area (Å²) < 4.78 is 5.64. The van der Waals surface area contributed by atoms with Gasteiger partial charge in [0.15, 0.2) is 0 Å². The van der Waals surface area contributed by atoms with Gasteiger partial charge in [-0.1, -0.05) is 26.0 Å². The van der Waals surface area contributed by atoms with Crippen molar-refractivity contribution in [1.82, 2.24) is 4.90 Å². The predicted molar refractivity (Wildman–Crippen MR) is 82.9 cm³/mol. The first kappa shape index (κ1) is 17.0. The highest BCUT2D eigenvalue weighted by molar-refractivity contribution is 5.28. The SMILES string of the molecule is CCCN(CCC)CC(O)COc1cccc(CN)c1. The Bertz CT molecular complexity index is 365. The molecule has 0 saturated carbocycles. The molecule has 0 aromatic heterocycles. The number of rotatable bonds is 10. The fourth-order valence-corrected chi connectivity index (χ4v) is 2.23. The highest BCUT2D eigenvalue weighted by Gasteiger charge is 2.11. The summed E-state index contributed by atoms with van der Waals surface area (Å²) in [4.78, 5) is 2.28. The summed E-state index contributed by atoms with van der Waals surface area (Å²) in [6, 6.07) is 7.70. The quantitative estimate of drug-likeness (QED) is 0.688. The molecule has 3 N–H and O–H groups in total. The van der Waals surface area contributed by atoms with Gasteiger partial charge in [-0.3, -0.25) is 0 Å². The summed E-state index contributed by atoms with van der Waals surface area (Å²) >= 11 is 0. The number of nitrogens with zero attached hydrogens (tertiary/aromatic N) is 1. The normalized spacial score (nSPS) is 12.7. The van der Waals surface area contributed by atoms with Crippen LogP contribution >= 0.6 is 0 Å². The molecule has 4 heteroatoms. The maximum atomic E-state index is 10.1. The van der Waals surface area contributed by atoms with E-state index in [0.717, 1.165) is 37.2 Å². The summed E-state index contributed by atoms with van der Waals surface area (Å²) in [5, 5.41) is 10.1. The van der Waals surface area contributed by atoms with Crippen LogP contribution in [0.1, 0.15) is 32.3 Å². The highest BCUT2D eigenvalue weighted by Crippen LogP contribution is 2.13. The Morgan fingerprint density at radius 1 is 1.25 bits per heavy atom. The minimum absolute atomic E-state index is 0.317. The third-order valence-electron chi connectivity index (χ3n) is 3.13. The number of benzene rings is 1. The topological polar surface area (TPSA) is 58.7 Å². The molecule has 0 aliphatic carbocycles. The van der Waals surface area contributed by atoms with Crippen molar-refractivity contribution in [3.8, 4) is 5.75 Å². The molecule has 0 aliphatic heterocycles. The minimum atomic E-state index is -0.463. The van der Waals surface area contributed by atoms with Crippen LogP contribution in [0.25, 0.3) is 0 Å². The Morgan fingerprint density at radius 2 is 1.95 bits per heavy atom. The first-order chi connectivity index (χ1) is 9.69. The monoisotopic (exact) mass is 280 g/mol. The number of nitrogens with two attached hydrogens (primary N) is 1. The van der Waals surface area contributed by atoms with Gasteiger partial charge in [-0.15, -0.1) is 0 Å². The minimum Gasteiger partial charge on any atom is -0.491 e. The van der Waals surface area contributed by atoms with Crippen molar-refractivity contribution in [1.29, 1.82) is 0 Å². The van der Waals surface area contributed by atoms with Gasteiger partial charge in [-0.2, -0.15) is 0 Å². The van der Waals surface area contributed by atoms with Crippen LogP contribution in [0.4, 0.5) is 0 Å². The summed E-state index contributed by atoms with van der Waals surface area (Å²) in [6.07, 6.45) is 1.74. The van der Waals surface area contributed by atoms with Crippen molar-refractivity contribution in [3.05, 3.63) is 29.8 Å². The molecular formula is C16H28N2O2. The number of hydrogen-bond donors (Lipinski definition) is 2. The van der Waals surface area contributed by atoms with E-state index in [1.807, 2.05) is 24.3 Å². The van der Waals surface area contributed by atoms with Crippen molar-refractivity contribution >= 4 is 0 Å². The summed E-state index contributed by atoms with van der Waals surface area (Å²) in [7, 11) is 0. The standard InChI is InChI=1S/C16H28N2O2/c1-3-8-18(9-4-2)12-15(19)13-20-16-7-5-6-14(10-16)11-17/h5-7,10,15,19H,3-4,8-9,11-13,17H2,1-2H3. The van der Waals surface area contributed by atoms with E-state index in [0.29, 0.717) is 19.7 Å². The Morgan fingerprint density at radius 3 is 2.55 bits per heavy atom. The molecule has 1 unspecified atom stereocenters. The van der Waals surface area contributed by atoms with E-state index in [4.69, 9.17) is 10.5 Å². The lowest BCUT2D eigenvalue weighted by Crippen LogP contribution is -2.36. The number of aliphatic hydroxyl groups excluding tert-OH is 1. The van der Waals surface area contributed by atoms with E-state index in [1.54, 1.807) is 0 Å².